The van der Waals surface area contributed by atoms with Crippen molar-refractivity contribution >= 4 is 5.82 Å². The van der Waals surface area contributed by atoms with Gasteiger partial charge in [-0.15, -0.1) is 0 Å². The Bertz CT molecular complexity index is 445. The largest absolute Gasteiger partial charge is 0.354 e. The quantitative estimate of drug-likeness (QED) is 0.795. The number of aromatic nitrogens is 2. The third kappa shape index (κ3) is 3.96. The average molecular weight is 294 g/mol. The molecule has 0 amide bonds. The smallest absolute Gasteiger partial charge is 0.130 e. The van der Waals surface area contributed by atoms with Gasteiger partial charge in [-0.3, -0.25) is 9.58 Å². The van der Waals surface area contributed by atoms with Crippen molar-refractivity contribution in [3.05, 3.63) is 11.3 Å². The standard InChI is InChI=1S/C15H30N6/c1-13-14(5-6-16)15(19(4)17-13)21-11-9-20(10-12-21)8-7-18(2)3/h5-12,16H2,1-4H3. The lowest BCUT2D eigenvalue weighted by molar-refractivity contribution is 0.228. The Kier molecular flexibility index (Phi) is 5.61. The molecule has 1 aromatic rings. The Labute approximate surface area is 128 Å². The second kappa shape index (κ2) is 7.24. The number of anilines is 1. The second-order valence-corrected chi connectivity index (χ2v) is 6.18. The lowest BCUT2D eigenvalue weighted by atomic mass is 10.1. The monoisotopic (exact) mass is 294 g/mol. The highest BCUT2D eigenvalue weighted by Crippen LogP contribution is 2.24. The van der Waals surface area contributed by atoms with Crippen LogP contribution in [-0.4, -0.2) is 79.5 Å². The molecule has 2 N–H and O–H groups in total. The molecule has 0 radical (unpaired) electrons. The Hall–Kier alpha value is -1.11. The van der Waals surface area contributed by atoms with E-state index < -0.39 is 0 Å². The fraction of sp³-hybridized carbons (Fsp3) is 0.800. The van der Waals surface area contributed by atoms with Crippen LogP contribution in [0.25, 0.3) is 0 Å². The number of rotatable bonds is 6. The van der Waals surface area contributed by atoms with Gasteiger partial charge in [0.2, 0.25) is 0 Å². The molecule has 0 saturated carbocycles. The molecule has 6 nitrogen and oxygen atoms in total. The zero-order valence-corrected chi connectivity index (χ0v) is 14.0. The predicted octanol–water partition coefficient (Wildman–Crippen LogP) is -0.0867. The van der Waals surface area contributed by atoms with Gasteiger partial charge in [-0.1, -0.05) is 0 Å². The number of hydrogen-bond donors (Lipinski definition) is 1. The number of hydrogen-bond acceptors (Lipinski definition) is 5. The first-order valence-corrected chi connectivity index (χ1v) is 7.87. The third-order valence-electron chi connectivity index (χ3n) is 4.24. The Morgan fingerprint density at radius 1 is 1.19 bits per heavy atom. The molecule has 1 fully saturated rings. The summed E-state index contributed by atoms with van der Waals surface area (Å²) < 4.78 is 2.02. The molecule has 0 atom stereocenters. The van der Waals surface area contributed by atoms with E-state index in [1.807, 2.05) is 11.7 Å². The molecule has 0 bridgehead atoms. The maximum atomic E-state index is 5.76. The molecule has 21 heavy (non-hydrogen) atoms. The lowest BCUT2D eigenvalue weighted by Crippen LogP contribution is -2.48. The zero-order valence-electron chi connectivity index (χ0n) is 14.0. The number of nitrogens with two attached hydrogens (primary N) is 1. The summed E-state index contributed by atoms with van der Waals surface area (Å²) in [4.78, 5) is 7.26. The lowest BCUT2D eigenvalue weighted by Gasteiger charge is -2.36. The summed E-state index contributed by atoms with van der Waals surface area (Å²) in [5.74, 6) is 1.27. The van der Waals surface area contributed by atoms with E-state index in [4.69, 9.17) is 5.73 Å². The van der Waals surface area contributed by atoms with E-state index in [2.05, 4.69) is 40.8 Å². The molecular formula is C15H30N6. The summed E-state index contributed by atoms with van der Waals surface area (Å²) in [6, 6.07) is 0. The Balaban J connectivity index is 1.99. The highest BCUT2D eigenvalue weighted by molar-refractivity contribution is 5.50. The van der Waals surface area contributed by atoms with E-state index in [1.54, 1.807) is 0 Å². The molecule has 1 aliphatic heterocycles. The van der Waals surface area contributed by atoms with Gasteiger partial charge in [0.05, 0.1) is 5.69 Å². The third-order valence-corrected chi connectivity index (χ3v) is 4.24. The van der Waals surface area contributed by atoms with Crippen molar-refractivity contribution in [2.45, 2.75) is 13.3 Å². The van der Waals surface area contributed by atoms with Crippen molar-refractivity contribution in [1.82, 2.24) is 19.6 Å². The summed E-state index contributed by atoms with van der Waals surface area (Å²) in [6.45, 7) is 9.45. The molecule has 6 heteroatoms. The minimum absolute atomic E-state index is 0.683. The summed E-state index contributed by atoms with van der Waals surface area (Å²) >= 11 is 0. The predicted molar refractivity (Wildman–Crippen MR) is 87.9 cm³/mol. The van der Waals surface area contributed by atoms with Crippen LogP contribution in [-0.2, 0) is 13.5 Å². The van der Waals surface area contributed by atoms with E-state index in [9.17, 15) is 0 Å². The minimum Gasteiger partial charge on any atom is -0.354 e. The average Bonchev–Trinajstić information content (AvgIpc) is 2.72. The molecule has 0 aromatic carbocycles. The first-order chi connectivity index (χ1) is 10.0. The van der Waals surface area contributed by atoms with Gasteiger partial charge >= 0.3 is 0 Å². The van der Waals surface area contributed by atoms with E-state index in [0.29, 0.717) is 6.54 Å². The van der Waals surface area contributed by atoms with E-state index >= 15 is 0 Å². The SMILES string of the molecule is Cc1nn(C)c(N2CCN(CCN(C)C)CC2)c1CCN. The van der Waals surface area contributed by atoms with E-state index in [1.165, 1.54) is 11.4 Å². The highest BCUT2D eigenvalue weighted by Gasteiger charge is 2.23. The number of aryl methyl sites for hydroxylation is 2. The Morgan fingerprint density at radius 3 is 2.43 bits per heavy atom. The maximum Gasteiger partial charge on any atom is 0.130 e. The molecule has 120 valence electrons. The van der Waals surface area contributed by atoms with Gasteiger partial charge in [0.25, 0.3) is 0 Å². The minimum atomic E-state index is 0.683. The summed E-state index contributed by atoms with van der Waals surface area (Å²) in [6.07, 6.45) is 0.913. The van der Waals surface area contributed by atoms with Crippen LogP contribution in [0.15, 0.2) is 0 Å². The zero-order chi connectivity index (χ0) is 15.4. The summed E-state index contributed by atoms with van der Waals surface area (Å²) in [7, 11) is 6.31. The van der Waals surface area contributed by atoms with Crippen molar-refractivity contribution in [2.75, 3.05) is 64.8 Å². The molecule has 0 spiro atoms. The van der Waals surface area contributed by atoms with Crippen molar-refractivity contribution in [2.24, 2.45) is 12.8 Å². The summed E-state index contributed by atoms with van der Waals surface area (Å²) in [5, 5.41) is 4.58. The molecule has 1 aromatic heterocycles. The van der Waals surface area contributed by atoms with Gasteiger partial charge in [0, 0.05) is 51.9 Å². The van der Waals surface area contributed by atoms with Gasteiger partial charge < -0.3 is 15.5 Å². The fourth-order valence-electron chi connectivity index (χ4n) is 3.05. The first kappa shape index (κ1) is 16.3. The number of nitrogens with zero attached hydrogens (tertiary/aromatic N) is 5. The maximum absolute atomic E-state index is 5.76. The van der Waals surface area contributed by atoms with Crippen LogP contribution in [0.2, 0.25) is 0 Å². The molecule has 2 heterocycles. The van der Waals surface area contributed by atoms with Gasteiger partial charge in [-0.25, -0.2) is 0 Å². The van der Waals surface area contributed by atoms with Crippen LogP contribution in [0.3, 0.4) is 0 Å². The fourth-order valence-corrected chi connectivity index (χ4v) is 3.05. The normalized spacial score (nSPS) is 17.0. The molecule has 0 aliphatic carbocycles. The van der Waals surface area contributed by atoms with Gasteiger partial charge in [-0.2, -0.15) is 5.10 Å². The molecule has 1 aliphatic rings. The Morgan fingerprint density at radius 2 is 1.86 bits per heavy atom. The van der Waals surface area contributed by atoms with Crippen LogP contribution in [0.4, 0.5) is 5.82 Å². The van der Waals surface area contributed by atoms with E-state index in [0.717, 1.165) is 51.4 Å². The molecule has 2 rings (SSSR count). The van der Waals surface area contributed by atoms with Crippen LogP contribution >= 0.6 is 0 Å². The summed E-state index contributed by atoms with van der Waals surface area (Å²) in [5.41, 5.74) is 8.20. The van der Waals surface area contributed by atoms with Crippen LogP contribution in [0, 0.1) is 6.92 Å². The van der Waals surface area contributed by atoms with Gasteiger partial charge in [0.15, 0.2) is 0 Å². The first-order valence-electron chi connectivity index (χ1n) is 7.87. The van der Waals surface area contributed by atoms with Crippen molar-refractivity contribution < 1.29 is 0 Å². The van der Waals surface area contributed by atoms with Crippen LogP contribution in [0.5, 0.6) is 0 Å². The second-order valence-electron chi connectivity index (χ2n) is 6.18. The van der Waals surface area contributed by atoms with Crippen molar-refractivity contribution in [3.8, 4) is 0 Å². The number of likely N-dealkylation sites (N-methyl/N-ethyl adjacent to an activating group) is 1. The van der Waals surface area contributed by atoms with Gasteiger partial charge in [0.1, 0.15) is 5.82 Å². The number of piperazine rings is 1. The highest BCUT2D eigenvalue weighted by atomic mass is 15.4. The van der Waals surface area contributed by atoms with Crippen molar-refractivity contribution in [3.63, 3.8) is 0 Å². The topological polar surface area (TPSA) is 53.6 Å². The van der Waals surface area contributed by atoms with Crippen LogP contribution < -0.4 is 10.6 Å². The van der Waals surface area contributed by atoms with Gasteiger partial charge in [-0.05, 0) is 34.0 Å². The molecular weight excluding hydrogens is 264 g/mol. The molecule has 1 saturated heterocycles. The van der Waals surface area contributed by atoms with E-state index in [-0.39, 0.29) is 0 Å². The van der Waals surface area contributed by atoms with Crippen LogP contribution in [0.1, 0.15) is 11.3 Å². The van der Waals surface area contributed by atoms with Crippen molar-refractivity contribution in [1.29, 1.82) is 0 Å². The molecule has 0 unspecified atom stereocenters.